The molecule has 2 heterocycles. The van der Waals surface area contributed by atoms with Gasteiger partial charge in [-0.05, 0) is 81.5 Å². The second-order valence-corrected chi connectivity index (χ2v) is 11.4. The Balaban J connectivity index is 1.36. The van der Waals surface area contributed by atoms with Gasteiger partial charge in [-0.2, -0.15) is 0 Å². The molecule has 2 aromatic carbocycles. The van der Waals surface area contributed by atoms with Crippen molar-refractivity contribution >= 4 is 23.0 Å². The number of furan rings is 1. The summed E-state index contributed by atoms with van der Waals surface area (Å²) in [4.78, 5) is 26.4. The number of halogens is 2. The van der Waals surface area contributed by atoms with Crippen LogP contribution in [0.4, 0.5) is 13.6 Å². The van der Waals surface area contributed by atoms with Crippen molar-refractivity contribution in [1.29, 1.82) is 0 Å². The maximum absolute atomic E-state index is 13.5. The number of alkyl halides is 2. The van der Waals surface area contributed by atoms with E-state index in [1.165, 1.54) is 4.90 Å². The molecule has 2 aliphatic rings. The zero-order chi connectivity index (χ0) is 27.8. The largest absolute Gasteiger partial charge is 0.486 e. The van der Waals surface area contributed by atoms with E-state index in [1.54, 1.807) is 32.9 Å². The van der Waals surface area contributed by atoms with Gasteiger partial charge in [-0.15, -0.1) is 0 Å². The van der Waals surface area contributed by atoms with Crippen LogP contribution < -0.4 is 10.1 Å². The molecular weight excluding hydrogens is 506 g/mol. The number of piperidine rings is 1. The van der Waals surface area contributed by atoms with Crippen LogP contribution in [-0.4, -0.2) is 47.6 Å². The monoisotopic (exact) mass is 540 g/mol. The van der Waals surface area contributed by atoms with Crippen molar-refractivity contribution in [2.45, 2.75) is 77.0 Å². The molecule has 3 aromatic rings. The number of benzene rings is 2. The number of carbonyl (C=O) groups is 2. The Labute approximate surface area is 226 Å². The van der Waals surface area contributed by atoms with Crippen LogP contribution in [0.1, 0.15) is 69.0 Å². The van der Waals surface area contributed by atoms with E-state index in [0.717, 1.165) is 35.8 Å². The fraction of sp³-hybridized carbons (Fsp3) is 0.467. The van der Waals surface area contributed by atoms with Gasteiger partial charge in [0.1, 0.15) is 11.4 Å². The number of nitrogens with zero attached hydrogens (tertiary/aromatic N) is 1. The van der Waals surface area contributed by atoms with Crippen molar-refractivity contribution in [2.75, 3.05) is 13.1 Å². The molecule has 1 saturated heterocycles. The Morgan fingerprint density at radius 1 is 1.05 bits per heavy atom. The Hall–Kier alpha value is -3.62. The van der Waals surface area contributed by atoms with E-state index in [4.69, 9.17) is 13.9 Å². The lowest BCUT2D eigenvalue weighted by atomic mass is 9.96. The van der Waals surface area contributed by atoms with Gasteiger partial charge >= 0.3 is 6.09 Å². The molecule has 9 heteroatoms. The number of nitrogens with one attached hydrogen (secondary N) is 1. The lowest BCUT2D eigenvalue weighted by molar-refractivity contribution is -0.0494. The van der Waals surface area contributed by atoms with Gasteiger partial charge in [-0.1, -0.05) is 12.1 Å². The van der Waals surface area contributed by atoms with Crippen LogP contribution in [0.5, 0.6) is 5.75 Å². The normalized spacial score (nSPS) is 17.5. The fourth-order valence-corrected chi connectivity index (χ4v) is 4.68. The second kappa shape index (κ2) is 10.5. The molecule has 1 N–H and O–H groups in total. The maximum atomic E-state index is 13.5. The number of carbonyl (C=O) groups excluding carboxylic acids is 2. The summed E-state index contributed by atoms with van der Waals surface area (Å²) >= 11 is 0. The first-order chi connectivity index (χ1) is 18.5. The number of rotatable bonds is 6. The minimum atomic E-state index is -2.70. The Bertz CT molecular complexity index is 1350. The van der Waals surface area contributed by atoms with Crippen LogP contribution in [0, 0.1) is 0 Å². The number of fused-ring (bicyclic) bond motifs is 1. The van der Waals surface area contributed by atoms with Crippen LogP contribution in [-0.2, 0) is 11.3 Å². The van der Waals surface area contributed by atoms with Crippen molar-refractivity contribution < 1.29 is 32.3 Å². The van der Waals surface area contributed by atoms with Crippen molar-refractivity contribution in [3.8, 4) is 16.9 Å². The van der Waals surface area contributed by atoms with E-state index in [9.17, 15) is 18.4 Å². The van der Waals surface area contributed by atoms with Gasteiger partial charge in [-0.25, -0.2) is 13.6 Å². The summed E-state index contributed by atoms with van der Waals surface area (Å²) in [7, 11) is 0. The average molecular weight is 541 g/mol. The van der Waals surface area contributed by atoms with Crippen molar-refractivity contribution in [3.63, 3.8) is 0 Å². The van der Waals surface area contributed by atoms with E-state index in [0.29, 0.717) is 22.7 Å². The number of hydrogen-bond acceptors (Lipinski definition) is 5. The highest BCUT2D eigenvalue weighted by atomic mass is 19.3. The van der Waals surface area contributed by atoms with Crippen LogP contribution in [0.3, 0.4) is 0 Å². The minimum absolute atomic E-state index is 0.0533. The Morgan fingerprint density at radius 2 is 1.74 bits per heavy atom. The summed E-state index contributed by atoms with van der Waals surface area (Å²) in [5, 5.41) is 3.55. The molecule has 1 aliphatic carbocycles. The van der Waals surface area contributed by atoms with Gasteiger partial charge in [0.2, 0.25) is 0 Å². The van der Waals surface area contributed by atoms with Crippen molar-refractivity contribution in [3.05, 3.63) is 53.8 Å². The summed E-state index contributed by atoms with van der Waals surface area (Å²) in [5.41, 5.74) is 2.25. The first kappa shape index (κ1) is 27.0. The lowest BCUT2D eigenvalue weighted by Crippen LogP contribution is -2.42. The third-order valence-corrected chi connectivity index (χ3v) is 7.03. The second-order valence-electron chi connectivity index (χ2n) is 11.4. The molecule has 0 bridgehead atoms. The summed E-state index contributed by atoms with van der Waals surface area (Å²) in [6.07, 6.45) is 2.09. The highest BCUT2D eigenvalue weighted by Gasteiger charge is 2.35. The minimum Gasteiger partial charge on any atom is -0.486 e. The topological polar surface area (TPSA) is 81.0 Å². The van der Waals surface area contributed by atoms with E-state index < -0.39 is 17.6 Å². The van der Waals surface area contributed by atoms with E-state index in [2.05, 4.69) is 5.32 Å². The molecule has 1 saturated carbocycles. The summed E-state index contributed by atoms with van der Waals surface area (Å²) < 4.78 is 44.6. The van der Waals surface area contributed by atoms with E-state index >= 15 is 0 Å². The molecule has 0 unspecified atom stereocenters. The zero-order valence-corrected chi connectivity index (χ0v) is 22.5. The van der Waals surface area contributed by atoms with Gasteiger partial charge < -0.3 is 24.1 Å². The third kappa shape index (κ3) is 6.52. The number of alkyl carbamates (subject to hydrolysis) is 1. The van der Waals surface area contributed by atoms with Gasteiger partial charge in [0, 0.05) is 36.9 Å². The molecule has 208 valence electrons. The number of likely N-dealkylation sites (tertiary alicyclic amines) is 1. The van der Waals surface area contributed by atoms with E-state index in [-0.39, 0.29) is 44.5 Å². The van der Waals surface area contributed by atoms with Crippen LogP contribution >= 0.6 is 0 Å². The van der Waals surface area contributed by atoms with E-state index in [1.807, 2.05) is 30.3 Å². The zero-order valence-electron chi connectivity index (χ0n) is 22.5. The molecule has 5 rings (SSSR count). The van der Waals surface area contributed by atoms with Gasteiger partial charge in [0.15, 0.2) is 11.3 Å². The Morgan fingerprint density at radius 3 is 2.36 bits per heavy atom. The standard InChI is InChI=1S/C30H34F2N2O5/c1-29(2,3)39-28(36)33-18-24-16-22-15-21(17-25(26(22)38-24)37-23-5-4-6-23)19-7-9-20(10-8-19)27(35)34-13-11-30(31,32)12-14-34/h7-10,15-17,23H,4-6,11-14,18H2,1-3H3,(H,33,36). The summed E-state index contributed by atoms with van der Waals surface area (Å²) in [6.45, 7) is 5.68. The molecule has 39 heavy (non-hydrogen) atoms. The molecule has 1 aromatic heterocycles. The third-order valence-electron chi connectivity index (χ3n) is 7.03. The van der Waals surface area contributed by atoms with Crippen LogP contribution in [0.15, 0.2) is 46.9 Å². The van der Waals surface area contributed by atoms with Gasteiger partial charge in [0.25, 0.3) is 11.8 Å². The molecule has 0 radical (unpaired) electrons. The van der Waals surface area contributed by atoms with Gasteiger partial charge in [-0.3, -0.25) is 4.79 Å². The number of ether oxygens (including phenoxy) is 2. The summed E-state index contributed by atoms with van der Waals surface area (Å²) in [5.74, 6) is -1.74. The number of amides is 2. The molecular formula is C30H34F2N2O5. The maximum Gasteiger partial charge on any atom is 0.408 e. The first-order valence-electron chi connectivity index (χ1n) is 13.4. The van der Waals surface area contributed by atoms with Crippen molar-refractivity contribution in [1.82, 2.24) is 10.2 Å². The fourth-order valence-electron chi connectivity index (χ4n) is 4.68. The highest BCUT2D eigenvalue weighted by molar-refractivity contribution is 5.95. The SMILES string of the molecule is CC(C)(C)OC(=O)NCc1cc2cc(-c3ccc(C(=O)N4CCC(F)(F)CC4)cc3)cc(OC3CCC3)c2o1. The first-order valence-corrected chi connectivity index (χ1v) is 13.4. The highest BCUT2D eigenvalue weighted by Crippen LogP contribution is 2.37. The number of hydrogen-bond donors (Lipinski definition) is 1. The van der Waals surface area contributed by atoms with Gasteiger partial charge in [0.05, 0.1) is 12.6 Å². The van der Waals surface area contributed by atoms with Crippen LogP contribution in [0.2, 0.25) is 0 Å². The average Bonchev–Trinajstić information content (AvgIpc) is 3.27. The Kier molecular flexibility index (Phi) is 7.27. The molecule has 2 fully saturated rings. The summed E-state index contributed by atoms with van der Waals surface area (Å²) in [6, 6.07) is 12.9. The predicted octanol–water partition coefficient (Wildman–Crippen LogP) is 6.93. The van der Waals surface area contributed by atoms with Crippen molar-refractivity contribution in [2.24, 2.45) is 0 Å². The molecule has 0 atom stereocenters. The van der Waals surface area contributed by atoms with Crippen LogP contribution in [0.25, 0.3) is 22.1 Å². The lowest BCUT2D eigenvalue weighted by Gasteiger charge is -2.31. The quantitative estimate of drug-likeness (QED) is 0.367. The molecule has 2 amide bonds. The smallest absolute Gasteiger partial charge is 0.408 e. The molecule has 1 aliphatic heterocycles. The predicted molar refractivity (Wildman–Crippen MR) is 143 cm³/mol. The molecule has 7 nitrogen and oxygen atoms in total. The molecule has 0 spiro atoms.